The van der Waals surface area contributed by atoms with Crippen molar-refractivity contribution in [2.24, 2.45) is 0 Å². The van der Waals surface area contributed by atoms with Gasteiger partial charge in [-0.1, -0.05) is 18.9 Å². The molecule has 3 heterocycles. The van der Waals surface area contributed by atoms with Gasteiger partial charge in [0, 0.05) is 11.7 Å². The van der Waals surface area contributed by atoms with Crippen LogP contribution in [0.4, 0.5) is 10.1 Å². The highest BCUT2D eigenvalue weighted by molar-refractivity contribution is 7.13. The number of hydrogen-bond donors (Lipinski definition) is 1. The molecule has 0 saturated heterocycles. The molecule has 0 radical (unpaired) electrons. The first kappa shape index (κ1) is 19.9. The fraction of sp³-hybridized carbons (Fsp3) is 0.348. The van der Waals surface area contributed by atoms with E-state index >= 15 is 0 Å². The van der Waals surface area contributed by atoms with Crippen molar-refractivity contribution in [1.29, 1.82) is 0 Å². The number of fused-ring (bicyclic) bond motifs is 1. The third-order valence-corrected chi connectivity index (χ3v) is 7.08. The Hall–Kier alpha value is -3.00. The van der Waals surface area contributed by atoms with Crippen LogP contribution in [-0.4, -0.2) is 33.2 Å². The van der Waals surface area contributed by atoms with Crippen molar-refractivity contribution in [3.05, 3.63) is 59.4 Å². The topological polar surface area (TPSA) is 67.2 Å². The van der Waals surface area contributed by atoms with Crippen LogP contribution in [0, 0.1) is 5.82 Å². The molecule has 5 rings (SSSR count). The molecular formula is C23H23FN4O2S. The summed E-state index contributed by atoms with van der Waals surface area (Å²) in [6, 6.07) is 11.5. The lowest BCUT2D eigenvalue weighted by atomic mass is 9.93. The van der Waals surface area contributed by atoms with Gasteiger partial charge in [-0.3, -0.25) is 19.2 Å². The van der Waals surface area contributed by atoms with E-state index in [1.165, 1.54) is 17.0 Å². The summed E-state index contributed by atoms with van der Waals surface area (Å²) < 4.78 is 15.2. The van der Waals surface area contributed by atoms with Gasteiger partial charge < -0.3 is 5.32 Å². The molecule has 8 heteroatoms. The predicted molar refractivity (Wildman–Crippen MR) is 118 cm³/mol. The van der Waals surface area contributed by atoms with Crippen LogP contribution in [0.25, 0.3) is 10.6 Å². The summed E-state index contributed by atoms with van der Waals surface area (Å²) in [6.07, 6.45) is 4.08. The Morgan fingerprint density at radius 1 is 1.23 bits per heavy atom. The summed E-state index contributed by atoms with van der Waals surface area (Å²) in [7, 11) is 0. The maximum Gasteiger partial charge on any atom is 0.277 e. The van der Waals surface area contributed by atoms with Gasteiger partial charge in [0.05, 0.1) is 11.4 Å². The number of carbonyl (C=O) groups excluding carboxylic acids is 2. The standard InChI is InChI=1S/C23H23FN4O2S/c1-23(22(30)25-16-5-2-3-6-16)14-27-19(13-18(26-27)20-7-4-12-31-20)21(29)28(23)17-10-8-15(24)9-11-17/h4,7-13,16H,2-3,5-6,14H2,1H3,(H,25,30). The van der Waals surface area contributed by atoms with Gasteiger partial charge in [0.1, 0.15) is 22.7 Å². The van der Waals surface area contributed by atoms with Crippen LogP contribution in [0.5, 0.6) is 0 Å². The second-order valence-corrected chi connectivity index (χ2v) is 9.34. The maximum atomic E-state index is 13.6. The number of rotatable bonds is 4. The summed E-state index contributed by atoms with van der Waals surface area (Å²) in [4.78, 5) is 29.6. The monoisotopic (exact) mass is 438 g/mol. The van der Waals surface area contributed by atoms with E-state index in [1.807, 2.05) is 17.5 Å². The van der Waals surface area contributed by atoms with E-state index in [4.69, 9.17) is 0 Å². The Balaban J connectivity index is 1.57. The van der Waals surface area contributed by atoms with E-state index < -0.39 is 11.4 Å². The molecule has 0 bridgehead atoms. The number of benzene rings is 1. The van der Waals surface area contributed by atoms with Crippen molar-refractivity contribution in [2.45, 2.75) is 50.7 Å². The first-order valence-corrected chi connectivity index (χ1v) is 11.4. The number of aromatic nitrogens is 2. The lowest BCUT2D eigenvalue weighted by Crippen LogP contribution is -2.65. The second kappa shape index (κ2) is 7.60. The number of thiophene rings is 1. The van der Waals surface area contributed by atoms with Crippen LogP contribution in [0.15, 0.2) is 47.8 Å². The molecule has 1 atom stereocenters. The quantitative estimate of drug-likeness (QED) is 0.663. The van der Waals surface area contributed by atoms with Gasteiger partial charge in [0.2, 0.25) is 5.91 Å². The van der Waals surface area contributed by atoms with Gasteiger partial charge in [-0.05, 0) is 61.5 Å². The summed E-state index contributed by atoms with van der Waals surface area (Å²) in [6.45, 7) is 1.98. The molecule has 1 fully saturated rings. The first-order valence-electron chi connectivity index (χ1n) is 10.5. The van der Waals surface area contributed by atoms with Crippen molar-refractivity contribution in [3.63, 3.8) is 0 Å². The van der Waals surface area contributed by atoms with Crippen LogP contribution in [-0.2, 0) is 11.3 Å². The minimum Gasteiger partial charge on any atom is -0.351 e. The molecule has 1 unspecified atom stereocenters. The van der Waals surface area contributed by atoms with Gasteiger partial charge in [0.15, 0.2) is 0 Å². The Labute approximate surface area is 183 Å². The molecule has 1 aromatic carbocycles. The van der Waals surface area contributed by atoms with Crippen molar-refractivity contribution < 1.29 is 14.0 Å². The Morgan fingerprint density at radius 2 is 1.97 bits per heavy atom. The lowest BCUT2D eigenvalue weighted by molar-refractivity contribution is -0.127. The van der Waals surface area contributed by atoms with E-state index in [1.54, 1.807) is 41.1 Å². The number of hydrogen-bond acceptors (Lipinski definition) is 4. The minimum atomic E-state index is -1.19. The lowest BCUT2D eigenvalue weighted by Gasteiger charge is -2.43. The zero-order chi connectivity index (χ0) is 21.6. The molecule has 1 N–H and O–H groups in total. The maximum absolute atomic E-state index is 13.6. The molecule has 1 saturated carbocycles. The first-order chi connectivity index (χ1) is 15.0. The average Bonchev–Trinajstić information content (AvgIpc) is 3.50. The van der Waals surface area contributed by atoms with E-state index in [-0.39, 0.29) is 24.4 Å². The van der Waals surface area contributed by atoms with Gasteiger partial charge in [-0.15, -0.1) is 11.3 Å². The van der Waals surface area contributed by atoms with Gasteiger partial charge >= 0.3 is 0 Å². The zero-order valence-corrected chi connectivity index (χ0v) is 18.0. The van der Waals surface area contributed by atoms with Crippen molar-refractivity contribution >= 4 is 28.8 Å². The van der Waals surface area contributed by atoms with E-state index in [0.29, 0.717) is 17.1 Å². The van der Waals surface area contributed by atoms with Crippen LogP contribution in [0.2, 0.25) is 0 Å². The Bertz CT molecular complexity index is 1120. The molecule has 2 amide bonds. The third kappa shape index (κ3) is 3.44. The summed E-state index contributed by atoms with van der Waals surface area (Å²) in [5.41, 5.74) is 0.417. The molecule has 1 aliphatic carbocycles. The summed E-state index contributed by atoms with van der Waals surface area (Å²) >= 11 is 1.55. The largest absolute Gasteiger partial charge is 0.351 e. The van der Waals surface area contributed by atoms with Crippen LogP contribution in [0.3, 0.4) is 0 Å². The van der Waals surface area contributed by atoms with Gasteiger partial charge in [-0.25, -0.2) is 4.39 Å². The van der Waals surface area contributed by atoms with Gasteiger partial charge in [-0.2, -0.15) is 5.10 Å². The minimum absolute atomic E-state index is 0.121. The molecule has 160 valence electrons. The summed E-state index contributed by atoms with van der Waals surface area (Å²) in [5, 5.41) is 9.73. The van der Waals surface area contributed by atoms with Crippen LogP contribution in [0.1, 0.15) is 43.1 Å². The average molecular weight is 439 g/mol. The number of amides is 2. The van der Waals surface area contributed by atoms with E-state index in [2.05, 4.69) is 10.4 Å². The SMILES string of the molecule is CC1(C(=O)NC2CCCC2)Cn2nc(-c3cccs3)cc2C(=O)N1c1ccc(F)cc1. The highest BCUT2D eigenvalue weighted by Crippen LogP contribution is 2.35. The summed E-state index contributed by atoms with van der Waals surface area (Å²) in [5.74, 6) is -0.927. The Morgan fingerprint density at radius 3 is 2.65 bits per heavy atom. The normalized spacial score (nSPS) is 21.4. The van der Waals surface area contributed by atoms with Crippen LogP contribution < -0.4 is 10.2 Å². The molecule has 3 aromatic rings. The smallest absolute Gasteiger partial charge is 0.277 e. The fourth-order valence-electron chi connectivity index (χ4n) is 4.53. The number of carbonyl (C=O) groups is 2. The van der Waals surface area contributed by atoms with Crippen LogP contribution >= 0.6 is 11.3 Å². The third-order valence-electron chi connectivity index (χ3n) is 6.19. The number of nitrogens with zero attached hydrogens (tertiary/aromatic N) is 3. The number of halogens is 1. The van der Waals surface area contributed by atoms with Gasteiger partial charge in [0.25, 0.3) is 5.91 Å². The molecular weight excluding hydrogens is 415 g/mol. The molecule has 2 aromatic heterocycles. The molecule has 6 nitrogen and oxygen atoms in total. The van der Waals surface area contributed by atoms with Crippen molar-refractivity contribution in [1.82, 2.24) is 15.1 Å². The van der Waals surface area contributed by atoms with Crippen molar-refractivity contribution in [3.8, 4) is 10.6 Å². The highest BCUT2D eigenvalue weighted by Gasteiger charge is 2.49. The number of nitrogens with one attached hydrogen (secondary N) is 1. The molecule has 2 aliphatic rings. The number of anilines is 1. The molecule has 1 aliphatic heterocycles. The van der Waals surface area contributed by atoms with Crippen molar-refractivity contribution in [2.75, 3.05) is 4.90 Å². The van der Waals surface area contributed by atoms with E-state index in [9.17, 15) is 14.0 Å². The van der Waals surface area contributed by atoms with E-state index in [0.717, 1.165) is 30.6 Å². The second-order valence-electron chi connectivity index (χ2n) is 8.40. The Kier molecular flexibility index (Phi) is 4.89. The predicted octanol–water partition coefficient (Wildman–Crippen LogP) is 4.23. The highest BCUT2D eigenvalue weighted by atomic mass is 32.1. The molecule has 0 spiro atoms. The molecule has 31 heavy (non-hydrogen) atoms. The fourth-order valence-corrected chi connectivity index (χ4v) is 5.21. The zero-order valence-electron chi connectivity index (χ0n) is 17.2.